The highest BCUT2D eigenvalue weighted by Crippen LogP contribution is 2.24. The van der Waals surface area contributed by atoms with Gasteiger partial charge in [0, 0.05) is 43.4 Å². The Labute approximate surface area is 181 Å². The smallest absolute Gasteiger partial charge is 0.237 e. The number of rotatable bonds is 7. The number of carbonyl (C=O) groups is 1. The highest BCUT2D eigenvalue weighted by molar-refractivity contribution is 8.00. The Bertz CT molecular complexity index is 953. The first-order valence-electron chi connectivity index (χ1n) is 10.1. The molecule has 1 atom stereocenters. The molecule has 2 heterocycles. The van der Waals surface area contributed by atoms with Gasteiger partial charge in [-0.1, -0.05) is 42.1 Å². The number of morpholine rings is 1. The van der Waals surface area contributed by atoms with Crippen molar-refractivity contribution in [3.05, 3.63) is 72.6 Å². The molecule has 1 N–H and O–H groups in total. The lowest BCUT2D eigenvalue weighted by Gasteiger charge is -2.28. The summed E-state index contributed by atoms with van der Waals surface area (Å²) in [5.74, 6) is -0.0339. The van der Waals surface area contributed by atoms with E-state index in [-0.39, 0.29) is 11.2 Å². The Hall–Kier alpha value is -2.77. The van der Waals surface area contributed by atoms with Crippen molar-refractivity contribution in [1.29, 1.82) is 0 Å². The molecule has 1 aliphatic rings. The van der Waals surface area contributed by atoms with Gasteiger partial charge in [-0.05, 0) is 36.8 Å². The van der Waals surface area contributed by atoms with E-state index >= 15 is 0 Å². The topological polar surface area (TPSA) is 59.4 Å². The SMILES string of the molecule is CC(Sc1nccn1Cc1ccccc1)C(=O)Nc1ccc(N2CCOCC2)cc1. The van der Waals surface area contributed by atoms with E-state index in [4.69, 9.17) is 4.74 Å². The van der Waals surface area contributed by atoms with E-state index in [0.717, 1.165) is 49.4 Å². The third kappa shape index (κ3) is 5.23. The highest BCUT2D eigenvalue weighted by atomic mass is 32.2. The minimum Gasteiger partial charge on any atom is -0.378 e. The number of aromatic nitrogens is 2. The number of imidazole rings is 1. The fourth-order valence-electron chi connectivity index (χ4n) is 3.35. The molecule has 0 radical (unpaired) electrons. The van der Waals surface area contributed by atoms with E-state index in [9.17, 15) is 4.79 Å². The summed E-state index contributed by atoms with van der Waals surface area (Å²) >= 11 is 1.47. The molecular weight excluding hydrogens is 396 g/mol. The van der Waals surface area contributed by atoms with Gasteiger partial charge in [-0.25, -0.2) is 4.98 Å². The maximum Gasteiger partial charge on any atom is 0.237 e. The number of nitrogens with zero attached hydrogens (tertiary/aromatic N) is 3. The molecule has 1 aliphatic heterocycles. The van der Waals surface area contributed by atoms with Gasteiger partial charge < -0.3 is 19.5 Å². The van der Waals surface area contributed by atoms with Crippen molar-refractivity contribution in [2.75, 3.05) is 36.5 Å². The fraction of sp³-hybridized carbons (Fsp3) is 0.304. The first kappa shape index (κ1) is 20.5. The Morgan fingerprint density at radius 3 is 2.60 bits per heavy atom. The number of benzene rings is 2. The maximum atomic E-state index is 12.7. The predicted molar refractivity (Wildman–Crippen MR) is 121 cm³/mol. The average molecular weight is 423 g/mol. The Morgan fingerprint density at radius 2 is 1.87 bits per heavy atom. The lowest BCUT2D eigenvalue weighted by atomic mass is 10.2. The number of thioether (sulfide) groups is 1. The van der Waals surface area contributed by atoms with Crippen LogP contribution in [0.3, 0.4) is 0 Å². The van der Waals surface area contributed by atoms with Crippen molar-refractivity contribution >= 4 is 29.0 Å². The van der Waals surface area contributed by atoms with Gasteiger partial charge >= 0.3 is 0 Å². The van der Waals surface area contributed by atoms with E-state index < -0.39 is 0 Å². The number of carbonyl (C=O) groups excluding carboxylic acids is 1. The molecule has 1 unspecified atom stereocenters. The summed E-state index contributed by atoms with van der Waals surface area (Å²) in [6, 6.07) is 18.2. The monoisotopic (exact) mass is 422 g/mol. The Morgan fingerprint density at radius 1 is 1.13 bits per heavy atom. The summed E-state index contributed by atoms with van der Waals surface area (Å²) in [5, 5.41) is 3.59. The van der Waals surface area contributed by atoms with Crippen molar-refractivity contribution < 1.29 is 9.53 Å². The molecule has 1 fully saturated rings. The molecule has 0 saturated carbocycles. The van der Waals surface area contributed by atoms with Crippen molar-refractivity contribution in [2.24, 2.45) is 0 Å². The number of hydrogen-bond donors (Lipinski definition) is 1. The summed E-state index contributed by atoms with van der Waals surface area (Å²) in [7, 11) is 0. The molecular formula is C23H26N4O2S. The lowest BCUT2D eigenvalue weighted by Crippen LogP contribution is -2.36. The van der Waals surface area contributed by atoms with Crippen LogP contribution in [0.5, 0.6) is 0 Å². The summed E-state index contributed by atoms with van der Waals surface area (Å²) < 4.78 is 7.47. The molecule has 1 saturated heterocycles. The zero-order chi connectivity index (χ0) is 20.8. The normalized spacial score (nSPS) is 15.0. The second-order valence-corrected chi connectivity index (χ2v) is 8.53. The Balaban J connectivity index is 1.34. The summed E-state index contributed by atoms with van der Waals surface area (Å²) in [6.07, 6.45) is 3.73. The van der Waals surface area contributed by atoms with Gasteiger partial charge in [-0.2, -0.15) is 0 Å². The maximum absolute atomic E-state index is 12.7. The number of amides is 1. The van der Waals surface area contributed by atoms with E-state index in [1.54, 1.807) is 6.20 Å². The van der Waals surface area contributed by atoms with E-state index in [2.05, 4.69) is 31.9 Å². The second-order valence-electron chi connectivity index (χ2n) is 7.22. The molecule has 30 heavy (non-hydrogen) atoms. The molecule has 1 amide bonds. The van der Waals surface area contributed by atoms with Crippen LogP contribution in [0.15, 0.2) is 72.1 Å². The lowest BCUT2D eigenvalue weighted by molar-refractivity contribution is -0.115. The van der Waals surface area contributed by atoms with E-state index in [1.165, 1.54) is 17.3 Å². The van der Waals surface area contributed by atoms with Gasteiger partial charge in [0.15, 0.2) is 5.16 Å². The average Bonchev–Trinajstić information content (AvgIpc) is 3.22. The van der Waals surface area contributed by atoms with Gasteiger partial charge in [0.1, 0.15) is 0 Å². The molecule has 7 heteroatoms. The van der Waals surface area contributed by atoms with Crippen molar-refractivity contribution in [3.8, 4) is 0 Å². The standard InChI is InChI=1S/C23H26N4O2S/c1-18(30-23-24-11-12-27(23)17-19-5-3-2-4-6-19)22(28)25-20-7-9-21(10-8-20)26-13-15-29-16-14-26/h2-12,18H,13-17H2,1H3,(H,25,28). The first-order valence-corrected chi connectivity index (χ1v) is 11.0. The third-order valence-electron chi connectivity index (χ3n) is 5.04. The fourth-order valence-corrected chi connectivity index (χ4v) is 4.21. The molecule has 156 valence electrons. The second kappa shape index (κ2) is 9.82. The molecule has 6 nitrogen and oxygen atoms in total. The first-order chi connectivity index (χ1) is 14.7. The molecule has 1 aromatic heterocycles. The molecule has 0 bridgehead atoms. The summed E-state index contributed by atoms with van der Waals surface area (Å²) in [6.45, 7) is 5.95. The molecule has 2 aromatic carbocycles. The van der Waals surface area contributed by atoms with Crippen LogP contribution in [0.1, 0.15) is 12.5 Å². The minimum atomic E-state index is -0.263. The Kier molecular flexibility index (Phi) is 6.71. The van der Waals surface area contributed by atoms with Crippen LogP contribution in [0.25, 0.3) is 0 Å². The number of nitrogens with one attached hydrogen (secondary N) is 1. The van der Waals surface area contributed by atoms with Crippen molar-refractivity contribution in [3.63, 3.8) is 0 Å². The van der Waals surface area contributed by atoms with Crippen LogP contribution in [0.2, 0.25) is 0 Å². The molecule has 0 spiro atoms. The van der Waals surface area contributed by atoms with Crippen molar-refractivity contribution in [2.45, 2.75) is 23.9 Å². The van der Waals surface area contributed by atoms with Gasteiger partial charge in [-0.3, -0.25) is 4.79 Å². The van der Waals surface area contributed by atoms with Crippen LogP contribution in [-0.2, 0) is 16.1 Å². The van der Waals surface area contributed by atoms with Crippen molar-refractivity contribution in [1.82, 2.24) is 9.55 Å². The van der Waals surface area contributed by atoms with E-state index in [1.807, 2.05) is 55.6 Å². The zero-order valence-electron chi connectivity index (χ0n) is 17.0. The minimum absolute atomic E-state index is 0.0339. The third-order valence-corrected chi connectivity index (χ3v) is 6.15. The molecule has 0 aliphatic carbocycles. The van der Waals surface area contributed by atoms with Gasteiger partial charge in [-0.15, -0.1) is 0 Å². The van der Waals surface area contributed by atoms with Crippen LogP contribution < -0.4 is 10.2 Å². The quantitative estimate of drug-likeness (QED) is 0.586. The zero-order valence-corrected chi connectivity index (χ0v) is 17.8. The van der Waals surface area contributed by atoms with Crippen LogP contribution in [-0.4, -0.2) is 47.0 Å². The highest BCUT2D eigenvalue weighted by Gasteiger charge is 2.18. The van der Waals surface area contributed by atoms with Gasteiger partial charge in [0.2, 0.25) is 5.91 Å². The van der Waals surface area contributed by atoms with Crippen LogP contribution in [0, 0.1) is 0 Å². The summed E-state index contributed by atoms with van der Waals surface area (Å²) in [5.41, 5.74) is 3.16. The number of ether oxygens (including phenoxy) is 1. The van der Waals surface area contributed by atoms with Gasteiger partial charge in [0.25, 0.3) is 0 Å². The van der Waals surface area contributed by atoms with Crippen LogP contribution >= 0.6 is 11.8 Å². The number of hydrogen-bond acceptors (Lipinski definition) is 5. The van der Waals surface area contributed by atoms with Crippen LogP contribution in [0.4, 0.5) is 11.4 Å². The summed E-state index contributed by atoms with van der Waals surface area (Å²) in [4.78, 5) is 19.4. The predicted octanol–water partition coefficient (Wildman–Crippen LogP) is 3.89. The van der Waals surface area contributed by atoms with E-state index in [0.29, 0.717) is 0 Å². The number of anilines is 2. The van der Waals surface area contributed by atoms with Gasteiger partial charge in [0.05, 0.1) is 18.5 Å². The molecule has 3 aromatic rings. The molecule has 4 rings (SSSR count). The largest absolute Gasteiger partial charge is 0.378 e.